The van der Waals surface area contributed by atoms with E-state index < -0.39 is 0 Å². The fourth-order valence-corrected chi connectivity index (χ4v) is 3.33. The van der Waals surface area contributed by atoms with E-state index in [1.807, 2.05) is 24.3 Å². The van der Waals surface area contributed by atoms with Gasteiger partial charge in [0.05, 0.1) is 18.7 Å². The number of anilines is 1. The molecule has 6 heteroatoms. The summed E-state index contributed by atoms with van der Waals surface area (Å²) in [6.45, 7) is 5.46. The Labute approximate surface area is 164 Å². The summed E-state index contributed by atoms with van der Waals surface area (Å²) in [5.74, 6) is 0.772. The summed E-state index contributed by atoms with van der Waals surface area (Å²) in [6, 6.07) is 16.2. The minimum atomic E-state index is -0.243. The van der Waals surface area contributed by atoms with Crippen LogP contribution in [-0.4, -0.2) is 48.7 Å². The van der Waals surface area contributed by atoms with Crippen LogP contribution in [0.5, 0.6) is 0 Å². The lowest BCUT2D eigenvalue weighted by Gasteiger charge is -2.28. The molecule has 2 aromatic carbocycles. The van der Waals surface area contributed by atoms with Crippen molar-refractivity contribution < 1.29 is 9.53 Å². The van der Waals surface area contributed by atoms with Gasteiger partial charge in [-0.3, -0.25) is 4.79 Å². The lowest BCUT2D eigenvalue weighted by atomic mass is 10.1. The number of hydrogen-bond donors (Lipinski definition) is 1. The molecular formula is C22H24N4O2. The first-order chi connectivity index (χ1) is 13.7. The number of rotatable bonds is 5. The second kappa shape index (κ2) is 8.35. The quantitative estimate of drug-likeness (QED) is 0.742. The molecule has 1 aromatic heterocycles. The van der Waals surface area contributed by atoms with Gasteiger partial charge in [0.25, 0.3) is 5.91 Å². The highest BCUT2D eigenvalue weighted by Crippen LogP contribution is 2.24. The van der Waals surface area contributed by atoms with Gasteiger partial charge in [-0.1, -0.05) is 42.0 Å². The molecule has 3 aromatic rings. The van der Waals surface area contributed by atoms with Gasteiger partial charge in [0.15, 0.2) is 0 Å². The number of morpholine rings is 1. The Kier molecular flexibility index (Phi) is 5.48. The number of nitrogens with zero attached hydrogens (tertiary/aromatic N) is 3. The van der Waals surface area contributed by atoms with Gasteiger partial charge in [0.1, 0.15) is 5.82 Å². The van der Waals surface area contributed by atoms with Gasteiger partial charge >= 0.3 is 0 Å². The van der Waals surface area contributed by atoms with Gasteiger partial charge in [-0.15, -0.1) is 0 Å². The average molecular weight is 376 g/mol. The Hall–Kier alpha value is -2.99. The van der Waals surface area contributed by atoms with Crippen LogP contribution in [0.3, 0.4) is 0 Å². The van der Waals surface area contributed by atoms with Crippen LogP contribution in [0.4, 0.5) is 5.82 Å². The first-order valence-electron chi connectivity index (χ1n) is 9.64. The molecule has 1 aliphatic rings. The number of hydrogen-bond acceptors (Lipinski definition) is 5. The molecule has 2 heterocycles. The van der Waals surface area contributed by atoms with Crippen LogP contribution in [0.15, 0.2) is 48.5 Å². The highest BCUT2D eigenvalue weighted by Gasteiger charge is 2.19. The summed E-state index contributed by atoms with van der Waals surface area (Å²) < 4.78 is 5.45. The smallest absolute Gasteiger partial charge is 0.289 e. The molecule has 1 aliphatic heterocycles. The van der Waals surface area contributed by atoms with Gasteiger partial charge < -0.3 is 15.0 Å². The predicted molar refractivity (Wildman–Crippen MR) is 110 cm³/mol. The summed E-state index contributed by atoms with van der Waals surface area (Å²) in [5, 5.41) is 3.91. The second-order valence-corrected chi connectivity index (χ2v) is 6.98. The molecule has 0 saturated carbocycles. The molecule has 1 amide bonds. The standard InChI is InChI=1S/C22H24N4O2/c1-16-6-8-17(9-7-16)10-11-23-22(27)20-24-19-5-3-2-4-18(19)21(25-20)26-12-14-28-15-13-26/h2-9H,10-15H2,1H3,(H,23,27). The Balaban J connectivity index is 1.52. The molecule has 0 bridgehead atoms. The van der Waals surface area contributed by atoms with Gasteiger partial charge in [0, 0.05) is 25.0 Å². The summed E-state index contributed by atoms with van der Waals surface area (Å²) in [5.41, 5.74) is 3.20. The Bertz CT molecular complexity index is 966. The fourth-order valence-electron chi connectivity index (χ4n) is 3.33. The highest BCUT2D eigenvalue weighted by atomic mass is 16.5. The third-order valence-electron chi connectivity index (χ3n) is 4.92. The van der Waals surface area contributed by atoms with Gasteiger partial charge in [-0.05, 0) is 31.0 Å². The maximum absolute atomic E-state index is 12.7. The Morgan fingerprint density at radius 1 is 1.07 bits per heavy atom. The largest absolute Gasteiger partial charge is 0.378 e. The zero-order valence-electron chi connectivity index (χ0n) is 16.0. The molecule has 144 valence electrons. The van der Waals surface area contributed by atoms with E-state index >= 15 is 0 Å². The number of aryl methyl sites for hydroxylation is 1. The molecule has 6 nitrogen and oxygen atoms in total. The zero-order valence-corrected chi connectivity index (χ0v) is 16.0. The van der Waals surface area contributed by atoms with E-state index in [1.165, 1.54) is 11.1 Å². The van der Waals surface area contributed by atoms with E-state index in [-0.39, 0.29) is 11.7 Å². The number of nitrogens with one attached hydrogen (secondary N) is 1. The highest BCUT2D eigenvalue weighted by molar-refractivity contribution is 5.96. The van der Waals surface area contributed by atoms with Crippen LogP contribution >= 0.6 is 0 Å². The van der Waals surface area contributed by atoms with E-state index in [1.54, 1.807) is 0 Å². The van der Waals surface area contributed by atoms with E-state index in [4.69, 9.17) is 4.74 Å². The number of para-hydroxylation sites is 1. The fraction of sp³-hybridized carbons (Fsp3) is 0.318. The third kappa shape index (κ3) is 4.12. The Morgan fingerprint density at radius 3 is 2.61 bits per heavy atom. The number of amides is 1. The maximum Gasteiger partial charge on any atom is 0.289 e. The minimum Gasteiger partial charge on any atom is -0.378 e. The molecular weight excluding hydrogens is 352 g/mol. The van der Waals surface area contributed by atoms with E-state index in [9.17, 15) is 4.79 Å². The first kappa shape index (κ1) is 18.4. The summed E-state index contributed by atoms with van der Waals surface area (Å²) in [7, 11) is 0. The maximum atomic E-state index is 12.7. The van der Waals surface area contributed by atoms with Crippen molar-refractivity contribution in [1.82, 2.24) is 15.3 Å². The van der Waals surface area contributed by atoms with Crippen LogP contribution in [0, 0.1) is 6.92 Å². The monoisotopic (exact) mass is 376 g/mol. The summed E-state index contributed by atoms with van der Waals surface area (Å²) in [6.07, 6.45) is 0.774. The number of fused-ring (bicyclic) bond motifs is 1. The average Bonchev–Trinajstić information content (AvgIpc) is 2.75. The van der Waals surface area contributed by atoms with Gasteiger partial charge in [0.2, 0.25) is 5.82 Å². The number of carbonyl (C=O) groups is 1. The van der Waals surface area contributed by atoms with Gasteiger partial charge in [-0.25, -0.2) is 9.97 Å². The van der Waals surface area contributed by atoms with Crippen molar-refractivity contribution >= 4 is 22.6 Å². The molecule has 28 heavy (non-hydrogen) atoms. The van der Waals surface area contributed by atoms with Crippen molar-refractivity contribution in [1.29, 1.82) is 0 Å². The molecule has 0 radical (unpaired) electrons. The molecule has 4 rings (SSSR count). The van der Waals surface area contributed by atoms with E-state index in [2.05, 4.69) is 51.4 Å². The van der Waals surface area contributed by atoms with Crippen molar-refractivity contribution in [3.05, 3.63) is 65.5 Å². The molecule has 1 fully saturated rings. The van der Waals surface area contributed by atoms with E-state index in [0.717, 1.165) is 36.2 Å². The summed E-state index contributed by atoms with van der Waals surface area (Å²) >= 11 is 0. The number of aromatic nitrogens is 2. The van der Waals surface area contributed by atoms with E-state index in [0.29, 0.717) is 19.8 Å². The molecule has 1 N–H and O–H groups in total. The molecule has 0 atom stereocenters. The molecule has 1 saturated heterocycles. The lowest BCUT2D eigenvalue weighted by Crippen LogP contribution is -2.37. The lowest BCUT2D eigenvalue weighted by molar-refractivity contribution is 0.0944. The van der Waals surface area contributed by atoms with Crippen LogP contribution in [-0.2, 0) is 11.2 Å². The number of carbonyl (C=O) groups excluding carboxylic acids is 1. The Morgan fingerprint density at radius 2 is 1.82 bits per heavy atom. The van der Waals surface area contributed by atoms with Crippen molar-refractivity contribution in [2.75, 3.05) is 37.7 Å². The third-order valence-corrected chi connectivity index (χ3v) is 4.92. The SMILES string of the molecule is Cc1ccc(CCNC(=O)c2nc(N3CCOCC3)c3ccccc3n2)cc1. The molecule has 0 unspecified atom stereocenters. The number of ether oxygens (including phenoxy) is 1. The van der Waals surface area contributed by atoms with Crippen LogP contribution in [0.25, 0.3) is 10.9 Å². The molecule has 0 aliphatic carbocycles. The zero-order chi connectivity index (χ0) is 19.3. The van der Waals surface area contributed by atoms with Crippen molar-refractivity contribution in [3.8, 4) is 0 Å². The van der Waals surface area contributed by atoms with Crippen molar-refractivity contribution in [3.63, 3.8) is 0 Å². The van der Waals surface area contributed by atoms with Gasteiger partial charge in [-0.2, -0.15) is 0 Å². The minimum absolute atomic E-state index is 0.212. The van der Waals surface area contributed by atoms with Crippen molar-refractivity contribution in [2.24, 2.45) is 0 Å². The summed E-state index contributed by atoms with van der Waals surface area (Å²) in [4.78, 5) is 23.9. The normalized spacial score (nSPS) is 14.2. The number of benzene rings is 2. The predicted octanol–water partition coefficient (Wildman–Crippen LogP) is 2.75. The molecule has 0 spiro atoms. The van der Waals surface area contributed by atoms with Crippen LogP contribution in [0.2, 0.25) is 0 Å². The topological polar surface area (TPSA) is 67.4 Å². The van der Waals surface area contributed by atoms with Crippen molar-refractivity contribution in [2.45, 2.75) is 13.3 Å². The second-order valence-electron chi connectivity index (χ2n) is 6.98. The van der Waals surface area contributed by atoms with Crippen LogP contribution < -0.4 is 10.2 Å². The van der Waals surface area contributed by atoms with Crippen LogP contribution in [0.1, 0.15) is 21.7 Å². The first-order valence-corrected chi connectivity index (χ1v) is 9.64.